The highest BCUT2D eigenvalue weighted by Crippen LogP contribution is 2.29. The van der Waals surface area contributed by atoms with Crippen molar-refractivity contribution in [3.63, 3.8) is 0 Å². The van der Waals surface area contributed by atoms with Crippen molar-refractivity contribution in [2.45, 2.75) is 26.2 Å². The molecule has 0 saturated carbocycles. The summed E-state index contributed by atoms with van der Waals surface area (Å²) < 4.78 is 0. The van der Waals surface area contributed by atoms with Gasteiger partial charge in [-0.25, -0.2) is 0 Å². The number of fused-ring (bicyclic) bond motifs is 1. The van der Waals surface area contributed by atoms with Crippen LogP contribution >= 0.6 is 12.2 Å². The van der Waals surface area contributed by atoms with E-state index < -0.39 is 0 Å². The molecule has 1 aromatic rings. The average Bonchev–Trinajstić information content (AvgIpc) is 2.28. The standard InChI is InChI=1S/C14H20N2S/c1-11-9-12-5-2-3-6-13(12)16(10-11)8-4-7-14(15)17/h2-3,5-6,11H,4,7-10H2,1H3,(H2,15,17). The van der Waals surface area contributed by atoms with Crippen LogP contribution in [0.5, 0.6) is 0 Å². The minimum absolute atomic E-state index is 0.628. The summed E-state index contributed by atoms with van der Waals surface area (Å²) in [5, 5.41) is 0. The number of rotatable bonds is 4. The normalized spacial score (nSPS) is 18.9. The Morgan fingerprint density at radius 1 is 1.47 bits per heavy atom. The van der Waals surface area contributed by atoms with Gasteiger partial charge in [0.1, 0.15) is 0 Å². The van der Waals surface area contributed by atoms with E-state index in [0.717, 1.165) is 31.8 Å². The quantitative estimate of drug-likeness (QED) is 0.831. The fourth-order valence-electron chi connectivity index (χ4n) is 2.56. The van der Waals surface area contributed by atoms with E-state index in [2.05, 4.69) is 36.1 Å². The molecule has 0 bridgehead atoms. The van der Waals surface area contributed by atoms with E-state index in [4.69, 9.17) is 18.0 Å². The smallest absolute Gasteiger partial charge is 0.0728 e. The van der Waals surface area contributed by atoms with Gasteiger partial charge in [-0.1, -0.05) is 37.3 Å². The third kappa shape index (κ3) is 3.19. The Kier molecular flexibility index (Phi) is 4.00. The number of hydrogen-bond acceptors (Lipinski definition) is 2. The van der Waals surface area contributed by atoms with Crippen molar-refractivity contribution in [2.24, 2.45) is 11.7 Å². The highest BCUT2D eigenvalue weighted by molar-refractivity contribution is 7.80. The van der Waals surface area contributed by atoms with Gasteiger partial charge in [0.05, 0.1) is 4.99 Å². The monoisotopic (exact) mass is 248 g/mol. The molecular formula is C14H20N2S. The van der Waals surface area contributed by atoms with Gasteiger partial charge in [0.15, 0.2) is 0 Å². The molecule has 0 spiro atoms. The maximum Gasteiger partial charge on any atom is 0.0728 e. The van der Waals surface area contributed by atoms with Crippen molar-refractivity contribution in [3.8, 4) is 0 Å². The molecule has 0 radical (unpaired) electrons. The van der Waals surface area contributed by atoms with Crippen molar-refractivity contribution in [1.29, 1.82) is 0 Å². The highest BCUT2D eigenvalue weighted by Gasteiger charge is 2.20. The zero-order valence-corrected chi connectivity index (χ0v) is 11.2. The lowest BCUT2D eigenvalue weighted by Gasteiger charge is -2.34. The van der Waals surface area contributed by atoms with Gasteiger partial charge in [0, 0.05) is 18.8 Å². The minimum Gasteiger partial charge on any atom is -0.393 e. The van der Waals surface area contributed by atoms with Crippen molar-refractivity contribution in [3.05, 3.63) is 29.8 Å². The molecule has 17 heavy (non-hydrogen) atoms. The Hall–Kier alpha value is -1.09. The Bertz CT molecular complexity index is 403. The van der Waals surface area contributed by atoms with Crippen LogP contribution in [0.2, 0.25) is 0 Å². The summed E-state index contributed by atoms with van der Waals surface area (Å²) in [4.78, 5) is 3.10. The van der Waals surface area contributed by atoms with Crippen LogP contribution < -0.4 is 10.6 Å². The summed E-state index contributed by atoms with van der Waals surface area (Å²) in [6.45, 7) is 4.52. The zero-order chi connectivity index (χ0) is 12.3. The van der Waals surface area contributed by atoms with Crippen LogP contribution in [-0.2, 0) is 6.42 Å². The van der Waals surface area contributed by atoms with E-state index in [9.17, 15) is 0 Å². The fraction of sp³-hybridized carbons (Fsp3) is 0.500. The Morgan fingerprint density at radius 2 is 2.24 bits per heavy atom. The van der Waals surface area contributed by atoms with E-state index in [1.807, 2.05) is 0 Å². The molecule has 0 aliphatic carbocycles. The van der Waals surface area contributed by atoms with E-state index in [-0.39, 0.29) is 0 Å². The van der Waals surface area contributed by atoms with Crippen molar-refractivity contribution in [2.75, 3.05) is 18.0 Å². The van der Waals surface area contributed by atoms with Crippen molar-refractivity contribution in [1.82, 2.24) is 0 Å². The van der Waals surface area contributed by atoms with E-state index in [1.165, 1.54) is 17.7 Å². The fourth-order valence-corrected chi connectivity index (χ4v) is 2.71. The van der Waals surface area contributed by atoms with Gasteiger partial charge in [0.25, 0.3) is 0 Å². The number of thiocarbonyl (C=S) groups is 1. The van der Waals surface area contributed by atoms with Gasteiger partial charge in [-0.3, -0.25) is 0 Å². The summed E-state index contributed by atoms with van der Waals surface area (Å²) in [5.74, 6) is 0.731. The lowest BCUT2D eigenvalue weighted by Crippen LogP contribution is -2.35. The van der Waals surface area contributed by atoms with Crippen molar-refractivity contribution < 1.29 is 0 Å². The topological polar surface area (TPSA) is 29.3 Å². The first kappa shape index (κ1) is 12.4. The molecule has 1 aromatic carbocycles. The molecule has 1 aliphatic rings. The molecule has 1 atom stereocenters. The van der Waals surface area contributed by atoms with Gasteiger partial charge >= 0.3 is 0 Å². The van der Waals surface area contributed by atoms with E-state index in [1.54, 1.807) is 0 Å². The second-order valence-electron chi connectivity index (χ2n) is 4.95. The largest absolute Gasteiger partial charge is 0.393 e. The lowest BCUT2D eigenvalue weighted by atomic mass is 9.94. The predicted molar refractivity (Wildman–Crippen MR) is 77.5 cm³/mol. The second-order valence-corrected chi connectivity index (χ2v) is 5.48. The Balaban J connectivity index is 2.05. The molecule has 2 rings (SSSR count). The Morgan fingerprint density at radius 3 is 3.00 bits per heavy atom. The number of nitrogens with two attached hydrogens (primary N) is 1. The number of para-hydroxylation sites is 1. The first-order valence-electron chi connectivity index (χ1n) is 6.28. The number of hydrogen-bond donors (Lipinski definition) is 1. The van der Waals surface area contributed by atoms with Crippen LogP contribution in [0.25, 0.3) is 0 Å². The molecule has 1 heterocycles. The molecular weight excluding hydrogens is 228 g/mol. The summed E-state index contributed by atoms with van der Waals surface area (Å²) in [6, 6.07) is 8.72. The summed E-state index contributed by atoms with van der Waals surface area (Å²) in [7, 11) is 0. The third-order valence-electron chi connectivity index (χ3n) is 3.28. The van der Waals surface area contributed by atoms with Crippen LogP contribution in [0, 0.1) is 5.92 Å². The summed E-state index contributed by atoms with van der Waals surface area (Å²) >= 11 is 4.92. The van der Waals surface area contributed by atoms with E-state index in [0.29, 0.717) is 4.99 Å². The van der Waals surface area contributed by atoms with Crippen LogP contribution in [-0.4, -0.2) is 18.1 Å². The second kappa shape index (κ2) is 5.50. The highest BCUT2D eigenvalue weighted by atomic mass is 32.1. The first-order chi connectivity index (χ1) is 8.16. The lowest BCUT2D eigenvalue weighted by molar-refractivity contribution is 0.528. The molecule has 0 aromatic heterocycles. The van der Waals surface area contributed by atoms with Crippen LogP contribution in [0.1, 0.15) is 25.3 Å². The first-order valence-corrected chi connectivity index (χ1v) is 6.69. The van der Waals surface area contributed by atoms with Gasteiger partial charge in [-0.2, -0.15) is 0 Å². The molecule has 92 valence electrons. The molecule has 2 nitrogen and oxygen atoms in total. The minimum atomic E-state index is 0.628. The van der Waals surface area contributed by atoms with E-state index >= 15 is 0 Å². The van der Waals surface area contributed by atoms with Gasteiger partial charge in [-0.15, -0.1) is 0 Å². The van der Waals surface area contributed by atoms with Crippen LogP contribution in [0.4, 0.5) is 5.69 Å². The zero-order valence-electron chi connectivity index (χ0n) is 10.4. The van der Waals surface area contributed by atoms with Crippen LogP contribution in [0.15, 0.2) is 24.3 Å². The maximum atomic E-state index is 5.54. The molecule has 0 amide bonds. The number of anilines is 1. The maximum absolute atomic E-state index is 5.54. The third-order valence-corrected chi connectivity index (χ3v) is 3.49. The molecule has 1 aliphatic heterocycles. The molecule has 1 unspecified atom stereocenters. The predicted octanol–water partition coefficient (Wildman–Crippen LogP) is 2.75. The number of benzene rings is 1. The van der Waals surface area contributed by atoms with Gasteiger partial charge < -0.3 is 10.6 Å². The average molecular weight is 248 g/mol. The van der Waals surface area contributed by atoms with Crippen molar-refractivity contribution >= 4 is 22.9 Å². The van der Waals surface area contributed by atoms with Crippen LogP contribution in [0.3, 0.4) is 0 Å². The summed E-state index contributed by atoms with van der Waals surface area (Å²) in [5.41, 5.74) is 8.41. The molecule has 0 fully saturated rings. The Labute approximate surface area is 109 Å². The molecule has 2 N–H and O–H groups in total. The molecule has 3 heteroatoms. The van der Waals surface area contributed by atoms with Gasteiger partial charge in [-0.05, 0) is 36.8 Å². The van der Waals surface area contributed by atoms with Gasteiger partial charge in [0.2, 0.25) is 0 Å². The molecule has 0 saturated heterocycles. The summed E-state index contributed by atoms with van der Waals surface area (Å²) in [6.07, 6.45) is 3.10. The SMILES string of the molecule is CC1Cc2ccccc2N(CCCC(N)=S)C1. The number of nitrogens with zero attached hydrogens (tertiary/aromatic N) is 1.